The first-order valence-corrected chi connectivity index (χ1v) is 46.7. The highest BCUT2D eigenvalue weighted by atomic mass is 32.2. The Balaban J connectivity index is 0.000000105. The predicted molar refractivity (Wildman–Crippen MR) is 541 cm³/mol. The second-order valence-corrected chi connectivity index (χ2v) is 36.4. The van der Waals surface area contributed by atoms with Gasteiger partial charge in [0.2, 0.25) is 0 Å². The first-order chi connectivity index (χ1) is 63.8. The molecule has 9 nitrogen and oxygen atoms in total. The number of hydrogen-bond acceptors (Lipinski definition) is 6. The van der Waals surface area contributed by atoms with Gasteiger partial charge in [-0.1, -0.05) is 212 Å². The molecule has 18 aromatic carbocycles. The molecule has 3 aliphatic heterocycles. The lowest BCUT2D eigenvalue weighted by atomic mass is 9.91. The van der Waals surface area contributed by atoms with Crippen molar-refractivity contribution in [1.29, 1.82) is 0 Å². The summed E-state index contributed by atoms with van der Waals surface area (Å²) in [6.45, 7) is 22.6. The highest BCUT2D eigenvalue weighted by Gasteiger charge is 2.26. The van der Waals surface area contributed by atoms with Crippen LogP contribution in [0.3, 0.4) is 0 Å². The molecule has 0 N–H and O–H groups in total. The van der Waals surface area contributed by atoms with Crippen molar-refractivity contribution < 1.29 is 13.3 Å². The summed E-state index contributed by atoms with van der Waals surface area (Å²) < 4.78 is 25.5. The maximum absolute atomic E-state index is 7.53. The van der Waals surface area contributed by atoms with Crippen molar-refractivity contribution in [3.8, 4) is 83.8 Å². The third-order valence-corrected chi connectivity index (χ3v) is 29.4. The molecule has 0 amide bonds. The van der Waals surface area contributed by atoms with Crippen molar-refractivity contribution in [2.24, 2.45) is 0 Å². The molecule has 0 saturated heterocycles. The van der Waals surface area contributed by atoms with E-state index in [4.69, 9.17) is 33.0 Å². The van der Waals surface area contributed by atoms with Crippen molar-refractivity contribution in [1.82, 2.24) is 13.7 Å². The van der Waals surface area contributed by atoms with Crippen LogP contribution in [0.5, 0.6) is 0 Å². The Morgan fingerprint density at radius 3 is 0.922 bits per heavy atom. The summed E-state index contributed by atoms with van der Waals surface area (Å²) in [6, 6.07) is 129. The Morgan fingerprint density at radius 2 is 0.512 bits per heavy atom. The topological polar surface area (TPSA) is 67.3 Å². The molecule has 12 heteroatoms. The number of rotatable bonds is 6. The SMILES string of the molecule is [C-]#[N+]c1ccc2c(c1)c1ccccc1n2-c1ccc2c(c1)CSCc1ccc(-c3ccc4oc5ccccc5c4c3)cc1-2.[C-]#[N+]c1ccc2c(c1)c1ccccc1n2-c1ccc2c(c1)CSCc1ccc(-c3cccc4oc5ccccc5c34)cc1-2.[C-]#[N+]c1ccc2c(c1)c1ccccc1n2-c1ccc2c(c1)CSCc1ccc(-c3cccc4oc5ccccc5c34)cc1-2. The quantitative estimate of drug-likeness (QED) is 0.155. The maximum Gasteiger partial charge on any atom is 0.188 e. The van der Waals surface area contributed by atoms with Gasteiger partial charge in [-0.25, -0.2) is 14.5 Å². The molecule has 0 aliphatic carbocycles. The average molecular weight is 1710 g/mol. The van der Waals surface area contributed by atoms with Crippen LogP contribution >= 0.6 is 35.3 Å². The fourth-order valence-electron chi connectivity index (χ4n) is 20.4. The van der Waals surface area contributed by atoms with Crippen molar-refractivity contribution in [3.63, 3.8) is 0 Å². The predicted octanol–water partition coefficient (Wildman–Crippen LogP) is 33.9. The average Bonchev–Trinajstić information content (AvgIpc) is 1.51. The number of para-hydroxylation sites is 6. The van der Waals surface area contributed by atoms with Crippen LogP contribution in [-0.4, -0.2) is 13.7 Å². The first-order valence-electron chi connectivity index (χ1n) is 43.3. The minimum Gasteiger partial charge on any atom is -0.456 e. The van der Waals surface area contributed by atoms with E-state index in [0.717, 1.165) is 156 Å². The van der Waals surface area contributed by atoms with Gasteiger partial charge in [-0.15, -0.1) is 0 Å². The van der Waals surface area contributed by atoms with Crippen molar-refractivity contribution in [2.45, 2.75) is 34.5 Å². The number of nitrogens with zero attached hydrogens (tertiary/aromatic N) is 6. The van der Waals surface area contributed by atoms with Gasteiger partial charge in [0.05, 0.1) is 52.8 Å². The number of fused-ring (bicyclic) bond motifs is 27. The Labute approximate surface area is 754 Å². The van der Waals surface area contributed by atoms with Crippen LogP contribution in [0, 0.1) is 19.7 Å². The second kappa shape index (κ2) is 30.9. The summed E-state index contributed by atoms with van der Waals surface area (Å²) in [5.41, 5.74) is 41.0. The molecule has 0 spiro atoms. The van der Waals surface area contributed by atoms with E-state index in [2.05, 4.69) is 319 Å². The Morgan fingerprint density at radius 1 is 0.202 bits per heavy atom. The molecule has 0 saturated carbocycles. The first kappa shape index (κ1) is 75.8. The summed E-state index contributed by atoms with van der Waals surface area (Å²) in [4.78, 5) is 11.1. The monoisotopic (exact) mass is 1700 g/mol. The van der Waals surface area contributed by atoms with Gasteiger partial charge in [0, 0.05) is 100 Å². The standard InChI is InChI=1S/3C39H24N2OS/c2*1-40-27-15-18-36-34(21-27)31-7-2-4-10-35(31)41(36)28-16-17-29-26(19-28)23-43-22-25-14-13-24(20-33(25)29)30-9-6-12-38-39(30)32-8-3-5-11-37(32)42-38;1-40-28-13-16-37-34(21-28)31-6-2-4-8-36(31)41(37)29-14-15-30-27(18-29)23-43-22-26-11-10-24(19-33(26)30)25-12-17-39-35(20-25)32-7-3-5-9-38(32)42-39/h3*2-21H,22-23H2. The number of aromatic nitrogens is 3. The van der Waals surface area contributed by atoms with E-state index in [-0.39, 0.29) is 0 Å². The van der Waals surface area contributed by atoms with Gasteiger partial charge >= 0.3 is 0 Å². The highest BCUT2D eigenvalue weighted by Crippen LogP contribution is 2.49. The van der Waals surface area contributed by atoms with E-state index >= 15 is 0 Å². The van der Waals surface area contributed by atoms with E-state index in [1.807, 2.05) is 108 Å². The molecule has 0 bridgehead atoms. The van der Waals surface area contributed by atoms with Crippen molar-refractivity contribution >= 4 is 184 Å². The summed E-state index contributed by atoms with van der Waals surface area (Å²) in [7, 11) is 0. The molecule has 27 rings (SSSR count). The number of benzene rings is 18. The van der Waals surface area contributed by atoms with E-state index in [1.165, 1.54) is 127 Å². The normalized spacial score (nSPS) is 12.8. The van der Waals surface area contributed by atoms with Crippen LogP contribution in [0.1, 0.15) is 33.4 Å². The lowest BCUT2D eigenvalue weighted by Gasteiger charge is -2.15. The zero-order chi connectivity index (χ0) is 85.5. The maximum atomic E-state index is 7.53. The van der Waals surface area contributed by atoms with Crippen LogP contribution in [-0.2, 0) is 34.5 Å². The van der Waals surface area contributed by atoms with Crippen LogP contribution < -0.4 is 0 Å². The van der Waals surface area contributed by atoms with Gasteiger partial charge in [-0.05, 0) is 268 Å². The fourth-order valence-corrected chi connectivity index (χ4v) is 23.4. The minimum absolute atomic E-state index is 0.667. The van der Waals surface area contributed by atoms with Gasteiger partial charge in [0.15, 0.2) is 17.1 Å². The van der Waals surface area contributed by atoms with Crippen molar-refractivity contribution in [2.75, 3.05) is 0 Å². The van der Waals surface area contributed by atoms with Gasteiger partial charge < -0.3 is 27.0 Å². The zero-order valence-corrected chi connectivity index (χ0v) is 72.0. The van der Waals surface area contributed by atoms with Gasteiger partial charge in [0.25, 0.3) is 0 Å². The van der Waals surface area contributed by atoms with E-state index in [1.54, 1.807) is 0 Å². The van der Waals surface area contributed by atoms with Crippen LogP contribution in [0.15, 0.2) is 377 Å². The molecule has 24 aromatic rings. The lowest BCUT2D eigenvalue weighted by Crippen LogP contribution is -1.97. The smallest absolute Gasteiger partial charge is 0.188 e. The fraction of sp³-hybridized carbons (Fsp3) is 0.0513. The van der Waals surface area contributed by atoms with Gasteiger partial charge in [0.1, 0.15) is 33.5 Å². The molecule has 606 valence electrons. The minimum atomic E-state index is 0.667. The molecule has 3 aliphatic rings. The van der Waals surface area contributed by atoms with Gasteiger partial charge in [-0.2, -0.15) is 35.3 Å². The lowest BCUT2D eigenvalue weighted by molar-refractivity contribution is 0.668. The molecule has 0 radical (unpaired) electrons. The molecule has 0 fully saturated rings. The van der Waals surface area contributed by atoms with E-state index in [0.29, 0.717) is 17.1 Å². The third kappa shape index (κ3) is 12.7. The zero-order valence-electron chi connectivity index (χ0n) is 69.5. The molecular weight excluding hydrogens is 1630 g/mol. The number of furan rings is 3. The van der Waals surface area contributed by atoms with Crippen LogP contribution in [0.25, 0.3) is 230 Å². The van der Waals surface area contributed by atoms with Gasteiger partial charge in [-0.3, -0.25) is 0 Å². The summed E-state index contributed by atoms with van der Waals surface area (Å²) in [6.07, 6.45) is 0. The molecular formula is C117H72N6O3S3. The Hall–Kier alpha value is -15.7. The molecule has 129 heavy (non-hydrogen) atoms. The van der Waals surface area contributed by atoms with E-state index in [9.17, 15) is 0 Å². The van der Waals surface area contributed by atoms with Crippen molar-refractivity contribution in [3.05, 3.63) is 432 Å². The summed E-state index contributed by atoms with van der Waals surface area (Å²) in [5, 5.41) is 13.8. The number of hydrogen-bond donors (Lipinski definition) is 0. The molecule has 0 atom stereocenters. The molecule has 6 aromatic heterocycles. The Bertz CT molecular complexity index is 8670. The molecule has 0 unspecified atom stereocenters. The number of thioether (sulfide) groups is 3. The Kier molecular flexibility index (Phi) is 18.1. The van der Waals surface area contributed by atoms with E-state index < -0.39 is 0 Å². The molecule has 9 heterocycles. The van der Waals surface area contributed by atoms with Crippen LogP contribution in [0.2, 0.25) is 0 Å². The van der Waals surface area contributed by atoms with Crippen LogP contribution in [0.4, 0.5) is 17.1 Å². The highest BCUT2D eigenvalue weighted by molar-refractivity contribution is 7.98. The summed E-state index contributed by atoms with van der Waals surface area (Å²) >= 11 is 5.91. The summed E-state index contributed by atoms with van der Waals surface area (Å²) in [5.74, 6) is 5.81. The second-order valence-electron chi connectivity index (χ2n) is 33.5. The third-order valence-electron chi connectivity index (χ3n) is 26.3. The largest absolute Gasteiger partial charge is 0.456 e.